The molecule has 5 nitrogen and oxygen atoms in total. The molecule has 1 N–H and O–H groups in total. The van der Waals surface area contributed by atoms with Crippen LogP contribution in [0.2, 0.25) is 0 Å². The smallest absolute Gasteiger partial charge is 0.311 e. The van der Waals surface area contributed by atoms with Crippen LogP contribution in [-0.2, 0) is 4.79 Å². The van der Waals surface area contributed by atoms with Crippen molar-refractivity contribution in [2.45, 2.75) is 19.3 Å². The quantitative estimate of drug-likeness (QED) is 0.928. The lowest BCUT2D eigenvalue weighted by Crippen LogP contribution is -2.37. The van der Waals surface area contributed by atoms with Crippen LogP contribution in [-0.4, -0.2) is 49.1 Å². The van der Waals surface area contributed by atoms with E-state index in [0.29, 0.717) is 18.7 Å². The first-order valence-corrected chi connectivity index (χ1v) is 7.85. The van der Waals surface area contributed by atoms with Crippen LogP contribution in [0.4, 0.5) is 10.1 Å². The van der Waals surface area contributed by atoms with E-state index in [0.717, 1.165) is 12.8 Å². The van der Waals surface area contributed by atoms with E-state index in [-0.39, 0.29) is 18.0 Å². The van der Waals surface area contributed by atoms with Crippen LogP contribution >= 0.6 is 0 Å². The van der Waals surface area contributed by atoms with Gasteiger partial charge < -0.3 is 14.9 Å². The van der Waals surface area contributed by atoms with Crippen molar-refractivity contribution in [3.63, 3.8) is 0 Å². The molecule has 0 bridgehead atoms. The second-order valence-corrected chi connectivity index (χ2v) is 6.79. The fourth-order valence-electron chi connectivity index (χ4n) is 3.92. The van der Waals surface area contributed by atoms with Crippen molar-refractivity contribution in [3.8, 4) is 0 Å². The Bertz CT molecular complexity index is 661. The monoisotopic (exact) mass is 320 g/mol. The van der Waals surface area contributed by atoms with E-state index in [9.17, 15) is 19.1 Å². The predicted octanol–water partition coefficient (Wildman–Crippen LogP) is 2.22. The van der Waals surface area contributed by atoms with Gasteiger partial charge in [0.1, 0.15) is 5.82 Å². The van der Waals surface area contributed by atoms with Gasteiger partial charge in [-0.2, -0.15) is 0 Å². The molecule has 1 aromatic carbocycles. The van der Waals surface area contributed by atoms with Gasteiger partial charge in [0.2, 0.25) is 0 Å². The van der Waals surface area contributed by atoms with Crippen LogP contribution in [0.25, 0.3) is 0 Å². The highest BCUT2D eigenvalue weighted by Crippen LogP contribution is 2.49. The molecule has 3 rings (SSSR count). The van der Waals surface area contributed by atoms with Gasteiger partial charge in [0.05, 0.1) is 11.0 Å². The number of carbonyl (C=O) groups is 2. The number of aliphatic carboxylic acids is 1. The number of carboxylic acids is 1. The number of anilines is 1. The van der Waals surface area contributed by atoms with Crippen LogP contribution in [0.5, 0.6) is 0 Å². The van der Waals surface area contributed by atoms with Gasteiger partial charge in [-0.3, -0.25) is 9.59 Å². The molecule has 1 saturated heterocycles. The first-order chi connectivity index (χ1) is 10.8. The standard InChI is InChI=1S/C17H21FN2O3/c1-19(2)12-5-6-13(14(18)8-12)15(21)20-9-11-4-3-7-17(11,10-20)16(22)23/h5-6,8,11H,3-4,7,9-10H2,1-2H3,(H,22,23)/t11-,17+/m0/s1. The second-order valence-electron chi connectivity index (χ2n) is 6.79. The second kappa shape index (κ2) is 5.51. The molecule has 1 aromatic rings. The molecule has 2 atom stereocenters. The zero-order valence-corrected chi connectivity index (χ0v) is 13.4. The third kappa shape index (κ3) is 2.46. The lowest BCUT2D eigenvalue weighted by atomic mass is 9.81. The Kier molecular flexibility index (Phi) is 3.78. The van der Waals surface area contributed by atoms with Crippen molar-refractivity contribution in [1.29, 1.82) is 0 Å². The number of hydrogen-bond acceptors (Lipinski definition) is 3. The number of benzene rings is 1. The number of rotatable bonds is 3. The predicted molar refractivity (Wildman–Crippen MR) is 84.0 cm³/mol. The van der Waals surface area contributed by atoms with Crippen molar-refractivity contribution in [2.75, 3.05) is 32.1 Å². The molecule has 0 aromatic heterocycles. The summed E-state index contributed by atoms with van der Waals surface area (Å²) in [6.07, 6.45) is 2.29. The average Bonchev–Trinajstić information content (AvgIpc) is 3.04. The third-order valence-corrected chi connectivity index (χ3v) is 5.28. The van der Waals surface area contributed by atoms with Crippen LogP contribution < -0.4 is 4.90 Å². The summed E-state index contributed by atoms with van der Waals surface area (Å²) in [5.74, 6) is -1.84. The number of nitrogens with zero attached hydrogens (tertiary/aromatic N) is 2. The first-order valence-electron chi connectivity index (χ1n) is 7.85. The summed E-state index contributed by atoms with van der Waals surface area (Å²) in [5, 5.41) is 9.58. The molecule has 1 amide bonds. The largest absolute Gasteiger partial charge is 0.481 e. The van der Waals surface area contributed by atoms with E-state index in [2.05, 4.69) is 0 Å². The van der Waals surface area contributed by atoms with E-state index < -0.39 is 23.1 Å². The zero-order chi connectivity index (χ0) is 16.8. The summed E-state index contributed by atoms with van der Waals surface area (Å²) in [6.45, 7) is 0.584. The molecule has 2 fully saturated rings. The normalized spacial score (nSPS) is 26.2. The number of likely N-dealkylation sites (tertiary alicyclic amines) is 1. The van der Waals surface area contributed by atoms with E-state index in [1.54, 1.807) is 25.1 Å². The van der Waals surface area contributed by atoms with Gasteiger partial charge in [0.25, 0.3) is 5.91 Å². The Morgan fingerprint density at radius 1 is 1.39 bits per heavy atom. The van der Waals surface area contributed by atoms with Crippen LogP contribution in [0.1, 0.15) is 29.6 Å². The van der Waals surface area contributed by atoms with Crippen LogP contribution in [0.3, 0.4) is 0 Å². The maximum Gasteiger partial charge on any atom is 0.311 e. The summed E-state index contributed by atoms with van der Waals surface area (Å²) in [4.78, 5) is 27.6. The molecule has 6 heteroatoms. The number of halogens is 1. The Balaban J connectivity index is 1.84. The molecule has 1 aliphatic heterocycles. The fourth-order valence-corrected chi connectivity index (χ4v) is 3.92. The molecule has 23 heavy (non-hydrogen) atoms. The minimum Gasteiger partial charge on any atom is -0.481 e. The average molecular weight is 320 g/mol. The highest BCUT2D eigenvalue weighted by molar-refractivity contribution is 5.95. The van der Waals surface area contributed by atoms with E-state index >= 15 is 0 Å². The van der Waals surface area contributed by atoms with E-state index in [1.165, 1.54) is 17.0 Å². The van der Waals surface area contributed by atoms with Crippen LogP contribution in [0.15, 0.2) is 18.2 Å². The summed E-state index contributed by atoms with van der Waals surface area (Å²) in [6, 6.07) is 4.51. The molecule has 124 valence electrons. The van der Waals surface area contributed by atoms with Gasteiger partial charge in [-0.25, -0.2) is 4.39 Å². The summed E-state index contributed by atoms with van der Waals surface area (Å²) in [5.41, 5.74) is -0.147. The number of hydrogen-bond donors (Lipinski definition) is 1. The first kappa shape index (κ1) is 15.8. The molecule has 1 aliphatic carbocycles. The van der Waals surface area contributed by atoms with Crippen molar-refractivity contribution >= 4 is 17.6 Å². The van der Waals surface area contributed by atoms with Crippen molar-refractivity contribution in [1.82, 2.24) is 4.90 Å². The number of amides is 1. The SMILES string of the molecule is CN(C)c1ccc(C(=O)N2C[C@@H]3CCC[C@@]3(C(=O)O)C2)c(F)c1. The van der Waals surface area contributed by atoms with Gasteiger partial charge in [-0.05, 0) is 37.0 Å². The minimum absolute atomic E-state index is 0.0103. The highest BCUT2D eigenvalue weighted by atomic mass is 19.1. The minimum atomic E-state index is -0.838. The molecular formula is C17H21FN2O3. The molecule has 2 aliphatic rings. The van der Waals surface area contributed by atoms with Gasteiger partial charge >= 0.3 is 5.97 Å². The Labute approximate surface area is 134 Å². The number of carbonyl (C=O) groups excluding carboxylic acids is 1. The lowest BCUT2D eigenvalue weighted by molar-refractivity contribution is -0.149. The molecule has 0 unspecified atom stereocenters. The van der Waals surface area contributed by atoms with Crippen molar-refractivity contribution < 1.29 is 19.1 Å². The molecule has 1 heterocycles. The molecular weight excluding hydrogens is 299 g/mol. The van der Waals surface area contributed by atoms with Crippen LogP contribution in [0, 0.1) is 17.2 Å². The number of fused-ring (bicyclic) bond motifs is 1. The van der Waals surface area contributed by atoms with Gasteiger partial charge in [0.15, 0.2) is 0 Å². The van der Waals surface area contributed by atoms with Gasteiger partial charge in [0, 0.05) is 32.9 Å². The third-order valence-electron chi connectivity index (χ3n) is 5.28. The van der Waals surface area contributed by atoms with Crippen molar-refractivity contribution in [3.05, 3.63) is 29.6 Å². The molecule has 0 radical (unpaired) electrons. The number of carboxylic acid groups (broad SMARTS) is 1. The zero-order valence-electron chi connectivity index (χ0n) is 13.4. The lowest BCUT2D eigenvalue weighted by Gasteiger charge is -2.23. The summed E-state index contributed by atoms with van der Waals surface area (Å²) < 4.78 is 14.3. The van der Waals surface area contributed by atoms with E-state index in [4.69, 9.17) is 0 Å². The van der Waals surface area contributed by atoms with Gasteiger partial charge in [-0.1, -0.05) is 6.42 Å². The maximum absolute atomic E-state index is 14.3. The summed E-state index contributed by atoms with van der Waals surface area (Å²) >= 11 is 0. The highest BCUT2D eigenvalue weighted by Gasteiger charge is 2.55. The van der Waals surface area contributed by atoms with Crippen molar-refractivity contribution in [2.24, 2.45) is 11.3 Å². The maximum atomic E-state index is 14.3. The fraction of sp³-hybridized carbons (Fsp3) is 0.529. The topological polar surface area (TPSA) is 60.9 Å². The van der Waals surface area contributed by atoms with E-state index in [1.807, 2.05) is 0 Å². The summed E-state index contributed by atoms with van der Waals surface area (Å²) in [7, 11) is 3.60. The Morgan fingerprint density at radius 3 is 2.70 bits per heavy atom. The molecule has 1 saturated carbocycles. The Morgan fingerprint density at radius 2 is 2.13 bits per heavy atom. The Hall–Kier alpha value is -2.11. The molecule has 0 spiro atoms. The van der Waals surface area contributed by atoms with Gasteiger partial charge in [-0.15, -0.1) is 0 Å².